The zero-order chi connectivity index (χ0) is 18.0. The number of aromatic nitrogens is 1. The van der Waals surface area contributed by atoms with E-state index in [0.29, 0.717) is 18.8 Å². The van der Waals surface area contributed by atoms with Crippen LogP contribution in [0, 0.1) is 0 Å². The van der Waals surface area contributed by atoms with E-state index >= 15 is 0 Å². The molecule has 1 atom stereocenters. The molecule has 1 aromatic heterocycles. The van der Waals surface area contributed by atoms with Gasteiger partial charge in [0.25, 0.3) is 11.8 Å². The van der Waals surface area contributed by atoms with Crippen LogP contribution in [0.3, 0.4) is 0 Å². The Bertz CT molecular complexity index is 700. The number of urea groups is 1. The summed E-state index contributed by atoms with van der Waals surface area (Å²) in [6.07, 6.45) is 0. The molecular weight excluding hydrogens is 326 g/mol. The summed E-state index contributed by atoms with van der Waals surface area (Å²) in [4.78, 5) is 44.3. The fourth-order valence-electron chi connectivity index (χ4n) is 3.00. The van der Waals surface area contributed by atoms with Crippen LogP contribution in [0.1, 0.15) is 29.1 Å². The Labute approximate surface area is 145 Å². The van der Waals surface area contributed by atoms with Crippen molar-refractivity contribution in [3.63, 3.8) is 0 Å². The third kappa shape index (κ3) is 3.41. The summed E-state index contributed by atoms with van der Waals surface area (Å²) in [7, 11) is 1.45. The van der Waals surface area contributed by atoms with Gasteiger partial charge in [0.15, 0.2) is 6.04 Å². The smallest absolute Gasteiger partial charge is 0.322 e. The van der Waals surface area contributed by atoms with Crippen LogP contribution in [-0.2, 0) is 4.79 Å². The third-order valence-electron chi connectivity index (χ3n) is 4.48. The van der Waals surface area contributed by atoms with Crippen LogP contribution < -0.4 is 15.4 Å². The molecule has 0 spiro atoms. The second-order valence-corrected chi connectivity index (χ2v) is 5.91. The fraction of sp³-hybridized carbons (Fsp3) is 0.500. The van der Waals surface area contributed by atoms with Crippen molar-refractivity contribution in [2.24, 2.45) is 0 Å². The molecule has 2 saturated heterocycles. The van der Waals surface area contributed by atoms with Gasteiger partial charge in [-0.25, -0.2) is 9.78 Å². The van der Waals surface area contributed by atoms with Crippen molar-refractivity contribution in [3.05, 3.63) is 23.5 Å². The maximum Gasteiger partial charge on any atom is 0.322 e. The molecule has 1 unspecified atom stereocenters. The Morgan fingerprint density at radius 2 is 2.00 bits per heavy atom. The number of rotatable bonds is 4. The van der Waals surface area contributed by atoms with E-state index in [9.17, 15) is 14.4 Å². The number of likely N-dealkylation sites (N-methyl/N-ethyl adjacent to an activating group) is 1. The number of piperazine rings is 1. The standard InChI is InChI=1S/C16H21N5O4/c1-3-20-6-8-21(9-7-20)15(23)10-4-5-11(25-2)12(17-10)13-14(22)19-16(24)18-13/h4-5,13H,3,6-9H2,1-2H3,(H2,18,19,22,24). The molecule has 9 nitrogen and oxygen atoms in total. The van der Waals surface area contributed by atoms with E-state index in [1.54, 1.807) is 17.0 Å². The van der Waals surface area contributed by atoms with Gasteiger partial charge in [-0.1, -0.05) is 6.92 Å². The molecule has 2 aliphatic heterocycles. The number of imide groups is 1. The molecule has 3 heterocycles. The molecule has 0 bridgehead atoms. The van der Waals surface area contributed by atoms with E-state index in [1.807, 2.05) is 0 Å². The van der Waals surface area contributed by atoms with Gasteiger partial charge in [-0.15, -0.1) is 0 Å². The number of amides is 4. The number of carbonyl (C=O) groups excluding carboxylic acids is 3. The first kappa shape index (κ1) is 17.2. The van der Waals surface area contributed by atoms with E-state index in [4.69, 9.17) is 4.74 Å². The number of ether oxygens (including phenoxy) is 1. The Morgan fingerprint density at radius 3 is 2.56 bits per heavy atom. The first-order chi connectivity index (χ1) is 12.0. The van der Waals surface area contributed by atoms with Crippen LogP contribution in [-0.4, -0.2) is 72.5 Å². The number of hydrogen-bond donors (Lipinski definition) is 2. The Morgan fingerprint density at radius 1 is 1.28 bits per heavy atom. The summed E-state index contributed by atoms with van der Waals surface area (Å²) >= 11 is 0. The van der Waals surface area contributed by atoms with Crippen LogP contribution >= 0.6 is 0 Å². The highest BCUT2D eigenvalue weighted by Crippen LogP contribution is 2.26. The summed E-state index contributed by atoms with van der Waals surface area (Å²) in [5.41, 5.74) is 0.457. The van der Waals surface area contributed by atoms with E-state index in [2.05, 4.69) is 27.4 Å². The second-order valence-electron chi connectivity index (χ2n) is 5.91. The minimum absolute atomic E-state index is 0.190. The van der Waals surface area contributed by atoms with Gasteiger partial charge in [0, 0.05) is 26.2 Å². The summed E-state index contributed by atoms with van der Waals surface area (Å²) in [5, 5.41) is 4.63. The number of methoxy groups -OCH3 is 1. The molecule has 0 saturated carbocycles. The lowest BCUT2D eigenvalue weighted by molar-refractivity contribution is -0.120. The average molecular weight is 347 g/mol. The molecule has 2 N–H and O–H groups in total. The monoisotopic (exact) mass is 347 g/mol. The van der Waals surface area contributed by atoms with Gasteiger partial charge in [0.1, 0.15) is 17.1 Å². The molecule has 0 aromatic carbocycles. The first-order valence-electron chi connectivity index (χ1n) is 8.21. The van der Waals surface area contributed by atoms with Crippen LogP contribution in [0.2, 0.25) is 0 Å². The van der Waals surface area contributed by atoms with Gasteiger partial charge in [-0.3, -0.25) is 14.9 Å². The third-order valence-corrected chi connectivity index (χ3v) is 4.48. The van der Waals surface area contributed by atoms with Crippen LogP contribution in [0.5, 0.6) is 5.75 Å². The average Bonchev–Trinajstić information content (AvgIpc) is 2.98. The molecule has 2 aliphatic rings. The molecule has 0 aliphatic carbocycles. The SMILES string of the molecule is CCN1CCN(C(=O)c2ccc(OC)c(C3NC(=O)NC3=O)n2)CC1. The normalized spacial score (nSPS) is 21.0. The Hall–Kier alpha value is -2.68. The lowest BCUT2D eigenvalue weighted by atomic mass is 10.1. The van der Waals surface area contributed by atoms with Gasteiger partial charge < -0.3 is 19.9 Å². The summed E-state index contributed by atoms with van der Waals surface area (Å²) < 4.78 is 5.22. The fourth-order valence-corrected chi connectivity index (χ4v) is 3.00. The Balaban J connectivity index is 1.83. The van der Waals surface area contributed by atoms with E-state index in [1.165, 1.54) is 7.11 Å². The lowest BCUT2D eigenvalue weighted by Crippen LogP contribution is -2.48. The highest BCUT2D eigenvalue weighted by atomic mass is 16.5. The maximum atomic E-state index is 12.7. The second kappa shape index (κ2) is 7.06. The minimum Gasteiger partial charge on any atom is -0.495 e. The van der Waals surface area contributed by atoms with Crippen molar-refractivity contribution in [1.82, 2.24) is 25.4 Å². The molecular formula is C16H21N5O4. The minimum atomic E-state index is -0.966. The molecule has 25 heavy (non-hydrogen) atoms. The highest BCUT2D eigenvalue weighted by Gasteiger charge is 2.35. The number of hydrogen-bond acceptors (Lipinski definition) is 6. The van der Waals surface area contributed by atoms with Crippen molar-refractivity contribution in [3.8, 4) is 5.75 Å². The van der Waals surface area contributed by atoms with E-state index in [0.717, 1.165) is 19.6 Å². The highest BCUT2D eigenvalue weighted by molar-refractivity contribution is 6.04. The van der Waals surface area contributed by atoms with Gasteiger partial charge >= 0.3 is 6.03 Å². The predicted molar refractivity (Wildman–Crippen MR) is 88.2 cm³/mol. The van der Waals surface area contributed by atoms with Crippen molar-refractivity contribution < 1.29 is 19.1 Å². The number of carbonyl (C=O) groups is 3. The topological polar surface area (TPSA) is 104 Å². The van der Waals surface area contributed by atoms with Gasteiger partial charge in [-0.2, -0.15) is 0 Å². The van der Waals surface area contributed by atoms with E-state index < -0.39 is 18.0 Å². The van der Waals surface area contributed by atoms with Crippen LogP contribution in [0.25, 0.3) is 0 Å². The number of nitrogens with zero attached hydrogens (tertiary/aromatic N) is 3. The summed E-state index contributed by atoms with van der Waals surface area (Å²) in [6.45, 7) is 5.98. The Kier molecular flexibility index (Phi) is 4.84. The molecule has 0 radical (unpaired) electrons. The molecule has 3 rings (SSSR count). The van der Waals surface area contributed by atoms with Crippen molar-refractivity contribution >= 4 is 17.8 Å². The van der Waals surface area contributed by atoms with Crippen molar-refractivity contribution in [1.29, 1.82) is 0 Å². The summed E-state index contributed by atoms with van der Waals surface area (Å²) in [5.74, 6) is -0.365. The van der Waals surface area contributed by atoms with Gasteiger partial charge in [-0.05, 0) is 18.7 Å². The predicted octanol–water partition coefficient (Wildman–Crippen LogP) is -0.252. The lowest BCUT2D eigenvalue weighted by Gasteiger charge is -2.33. The zero-order valence-corrected chi connectivity index (χ0v) is 14.2. The maximum absolute atomic E-state index is 12.7. The first-order valence-corrected chi connectivity index (χ1v) is 8.21. The molecule has 4 amide bonds. The molecule has 134 valence electrons. The summed E-state index contributed by atoms with van der Waals surface area (Å²) in [6, 6.07) is 1.61. The largest absolute Gasteiger partial charge is 0.495 e. The number of pyridine rings is 1. The van der Waals surface area contributed by atoms with Crippen molar-refractivity contribution in [2.75, 3.05) is 39.8 Å². The van der Waals surface area contributed by atoms with Gasteiger partial charge in [0.05, 0.1) is 7.11 Å². The zero-order valence-electron chi connectivity index (χ0n) is 14.2. The van der Waals surface area contributed by atoms with Crippen LogP contribution in [0.4, 0.5) is 4.79 Å². The van der Waals surface area contributed by atoms with Crippen molar-refractivity contribution in [2.45, 2.75) is 13.0 Å². The van der Waals surface area contributed by atoms with Crippen LogP contribution in [0.15, 0.2) is 12.1 Å². The quantitative estimate of drug-likeness (QED) is 0.728. The van der Waals surface area contributed by atoms with Gasteiger partial charge in [0.2, 0.25) is 0 Å². The van der Waals surface area contributed by atoms with E-state index in [-0.39, 0.29) is 17.3 Å². The molecule has 9 heteroatoms. The molecule has 1 aromatic rings. The number of nitrogens with one attached hydrogen (secondary N) is 2. The molecule has 2 fully saturated rings.